The summed E-state index contributed by atoms with van der Waals surface area (Å²) < 4.78 is 0. The van der Waals surface area contributed by atoms with E-state index in [1.54, 1.807) is 0 Å². The average molecular weight is 120 g/mol. The number of rotatable bonds is 0. The van der Waals surface area contributed by atoms with Crippen molar-refractivity contribution >= 4 is 7.28 Å². The van der Waals surface area contributed by atoms with Gasteiger partial charge in [-0.1, -0.05) is 13.8 Å². The minimum absolute atomic E-state index is 1.32. The van der Waals surface area contributed by atoms with Gasteiger partial charge in [0, 0.05) is 7.05 Å². The smallest absolute Gasteiger partial charge is 0.0103 e. The van der Waals surface area contributed by atoms with Crippen molar-refractivity contribution in [1.82, 2.24) is 4.90 Å². The summed E-state index contributed by atoms with van der Waals surface area (Å²) in [6.07, 6.45) is 4.21. The topological polar surface area (TPSA) is 3.24 Å². The third kappa shape index (κ3) is 1.63. The van der Waals surface area contributed by atoms with E-state index in [4.69, 9.17) is 0 Å². The molecule has 1 nitrogen and oxygen atoms in total. The summed E-state index contributed by atoms with van der Waals surface area (Å²) >= 11 is 0. The molecule has 9 heavy (non-hydrogen) atoms. The number of hydrogen-bond donors (Lipinski definition) is 0. The van der Waals surface area contributed by atoms with Gasteiger partial charge in [0.25, 0.3) is 0 Å². The van der Waals surface area contributed by atoms with E-state index in [0.717, 1.165) is 0 Å². The summed E-state index contributed by atoms with van der Waals surface area (Å²) in [5.74, 6) is 0. The minimum Gasteiger partial charge on any atom is -0.365 e. The molecule has 0 aromatic heterocycles. The Morgan fingerprint density at radius 2 is 1.67 bits per heavy atom. The molecule has 1 heterocycles. The second-order valence-corrected chi connectivity index (χ2v) is 2.56. The second-order valence-electron chi connectivity index (χ2n) is 2.56. The Balaban J connectivity index is 2.69. The second kappa shape index (κ2) is 2.30. The van der Waals surface area contributed by atoms with E-state index >= 15 is 0 Å². The third-order valence-corrected chi connectivity index (χ3v) is 1.27. The molecule has 0 N–H and O–H groups in total. The molecule has 0 unspecified atom stereocenters. The lowest BCUT2D eigenvalue weighted by atomic mass is 9.63. The first-order chi connectivity index (χ1) is 4.18. The fourth-order valence-electron chi connectivity index (χ4n) is 1.11. The molecule has 0 spiro atoms. The van der Waals surface area contributed by atoms with Crippen molar-refractivity contribution in [2.24, 2.45) is 0 Å². The number of hydrogen-bond acceptors (Lipinski definition) is 1. The van der Waals surface area contributed by atoms with Crippen LogP contribution in [0.2, 0.25) is 0 Å². The predicted molar refractivity (Wildman–Crippen MR) is 41.0 cm³/mol. The van der Waals surface area contributed by atoms with Crippen LogP contribution in [0.4, 0.5) is 0 Å². The van der Waals surface area contributed by atoms with Crippen LogP contribution in [-0.4, -0.2) is 19.2 Å². The van der Waals surface area contributed by atoms with E-state index in [0.29, 0.717) is 0 Å². The van der Waals surface area contributed by atoms with Crippen LogP contribution in [-0.2, 0) is 0 Å². The van der Waals surface area contributed by atoms with Crippen LogP contribution in [0.25, 0.3) is 0 Å². The van der Waals surface area contributed by atoms with Crippen LogP contribution in [0.15, 0.2) is 23.3 Å². The molecule has 0 aromatic rings. The van der Waals surface area contributed by atoms with Gasteiger partial charge < -0.3 is 4.90 Å². The Kier molecular flexibility index (Phi) is 1.65. The van der Waals surface area contributed by atoms with Gasteiger partial charge in [-0.2, -0.15) is 0 Å². The SMILES string of the molecule is CC1=CN(C)C=C(C)[B-]1. The van der Waals surface area contributed by atoms with Crippen LogP contribution in [0, 0.1) is 0 Å². The number of allylic oxidation sites excluding steroid dienone is 2. The summed E-state index contributed by atoms with van der Waals surface area (Å²) in [5, 5.41) is 0. The molecular formula is C7H11BN-. The van der Waals surface area contributed by atoms with Crippen LogP contribution >= 0.6 is 0 Å². The fraction of sp³-hybridized carbons (Fsp3) is 0.429. The molecule has 0 saturated heterocycles. The van der Waals surface area contributed by atoms with E-state index in [9.17, 15) is 0 Å². The van der Waals surface area contributed by atoms with Crippen molar-refractivity contribution in [2.75, 3.05) is 7.05 Å². The van der Waals surface area contributed by atoms with Gasteiger partial charge in [0.05, 0.1) is 0 Å². The zero-order valence-corrected chi connectivity index (χ0v) is 6.18. The molecule has 1 rings (SSSR count). The summed E-state index contributed by atoms with van der Waals surface area (Å²) in [7, 11) is 4.21. The normalized spacial score (nSPS) is 19.2. The van der Waals surface area contributed by atoms with E-state index in [1.807, 2.05) is 7.05 Å². The molecular weight excluding hydrogens is 109 g/mol. The van der Waals surface area contributed by atoms with Crippen molar-refractivity contribution in [2.45, 2.75) is 13.8 Å². The van der Waals surface area contributed by atoms with E-state index < -0.39 is 0 Å². The Hall–Kier alpha value is -0.655. The summed E-state index contributed by atoms with van der Waals surface area (Å²) in [6.45, 7) is 4.21. The van der Waals surface area contributed by atoms with Gasteiger partial charge in [-0.05, 0) is 12.4 Å². The highest BCUT2D eigenvalue weighted by atomic mass is 15.0. The average Bonchev–Trinajstić information content (AvgIpc) is 1.59. The molecule has 2 radical (unpaired) electrons. The highest BCUT2D eigenvalue weighted by molar-refractivity contribution is 6.53. The molecule has 48 valence electrons. The monoisotopic (exact) mass is 120 g/mol. The lowest BCUT2D eigenvalue weighted by Gasteiger charge is -2.28. The Morgan fingerprint density at radius 3 is 2.00 bits per heavy atom. The standard InChI is InChI=1S/C7H11BN/c1-6-4-9(3)5-7(2)8-6/h4-5H,1-3H3/q-1. The highest BCUT2D eigenvalue weighted by Gasteiger charge is 1.87. The van der Waals surface area contributed by atoms with Gasteiger partial charge in [-0.25, -0.2) is 0 Å². The van der Waals surface area contributed by atoms with Crippen LogP contribution in [0.5, 0.6) is 0 Å². The summed E-state index contributed by atoms with van der Waals surface area (Å²) in [4.78, 5) is 2.07. The van der Waals surface area contributed by atoms with Crippen molar-refractivity contribution in [1.29, 1.82) is 0 Å². The fourth-order valence-corrected chi connectivity index (χ4v) is 1.11. The molecule has 0 fully saturated rings. The van der Waals surface area contributed by atoms with Crippen molar-refractivity contribution in [3.8, 4) is 0 Å². The molecule has 1 aliphatic rings. The molecule has 0 atom stereocenters. The maximum atomic E-state index is 2.17. The largest absolute Gasteiger partial charge is 0.365 e. The highest BCUT2D eigenvalue weighted by Crippen LogP contribution is 2.07. The maximum absolute atomic E-state index is 2.17. The zero-order chi connectivity index (χ0) is 6.85. The lowest BCUT2D eigenvalue weighted by Crippen LogP contribution is -2.12. The minimum atomic E-state index is 1.32. The molecule has 0 saturated carbocycles. The van der Waals surface area contributed by atoms with Crippen LogP contribution < -0.4 is 0 Å². The lowest BCUT2D eigenvalue weighted by molar-refractivity contribution is 0.616. The first-order valence-electron chi connectivity index (χ1n) is 3.12. The van der Waals surface area contributed by atoms with Gasteiger partial charge in [0.15, 0.2) is 0 Å². The molecule has 2 heteroatoms. The maximum Gasteiger partial charge on any atom is 0.0103 e. The van der Waals surface area contributed by atoms with Gasteiger partial charge >= 0.3 is 0 Å². The summed E-state index contributed by atoms with van der Waals surface area (Å²) in [5.41, 5.74) is 2.63. The first-order valence-corrected chi connectivity index (χ1v) is 3.12. The third-order valence-electron chi connectivity index (χ3n) is 1.27. The van der Waals surface area contributed by atoms with Crippen molar-refractivity contribution in [3.05, 3.63) is 23.3 Å². The first kappa shape index (κ1) is 6.46. The van der Waals surface area contributed by atoms with Crippen molar-refractivity contribution in [3.63, 3.8) is 0 Å². The quantitative estimate of drug-likeness (QED) is 0.436. The van der Waals surface area contributed by atoms with Gasteiger partial charge in [0.2, 0.25) is 0 Å². The molecule has 0 amide bonds. The Labute approximate surface area is 57.3 Å². The van der Waals surface area contributed by atoms with Crippen LogP contribution in [0.1, 0.15) is 13.8 Å². The molecule has 0 bridgehead atoms. The van der Waals surface area contributed by atoms with Crippen LogP contribution in [0.3, 0.4) is 0 Å². The zero-order valence-electron chi connectivity index (χ0n) is 6.18. The van der Waals surface area contributed by atoms with Crippen molar-refractivity contribution < 1.29 is 0 Å². The van der Waals surface area contributed by atoms with E-state index in [-0.39, 0.29) is 0 Å². The van der Waals surface area contributed by atoms with Gasteiger partial charge in [-0.15, -0.1) is 0 Å². The van der Waals surface area contributed by atoms with Gasteiger partial charge in [0.1, 0.15) is 0 Å². The number of nitrogens with zero attached hydrogens (tertiary/aromatic N) is 1. The Morgan fingerprint density at radius 1 is 1.22 bits per heavy atom. The predicted octanol–water partition coefficient (Wildman–Crippen LogP) is 1.36. The summed E-state index contributed by atoms with van der Waals surface area (Å²) in [6, 6.07) is 0. The molecule has 1 aliphatic heterocycles. The van der Waals surface area contributed by atoms with E-state index in [1.165, 1.54) is 10.9 Å². The molecule has 0 aromatic carbocycles. The molecule has 0 aliphatic carbocycles. The van der Waals surface area contributed by atoms with E-state index in [2.05, 4.69) is 38.4 Å². The Bertz CT molecular complexity index is 152. The van der Waals surface area contributed by atoms with Gasteiger partial charge in [-0.3, -0.25) is 18.2 Å².